The Morgan fingerprint density at radius 1 is 1.00 bits per heavy atom. The molecule has 4 rings (SSSR count). The van der Waals surface area contributed by atoms with E-state index in [0.29, 0.717) is 41.3 Å². The monoisotopic (exact) mass is 511 g/mol. The lowest BCUT2D eigenvalue weighted by molar-refractivity contribution is -0.908. The highest BCUT2D eigenvalue weighted by molar-refractivity contribution is 6.46. The van der Waals surface area contributed by atoms with E-state index in [1.165, 1.54) is 12.0 Å². The van der Waals surface area contributed by atoms with Crippen LogP contribution in [0, 0.1) is 6.92 Å². The highest BCUT2D eigenvalue weighted by Crippen LogP contribution is 2.42. The fraction of sp³-hybridized carbons (Fsp3) is 0.429. The first-order chi connectivity index (χ1) is 17.9. The molecule has 1 atom stereocenters. The van der Waals surface area contributed by atoms with Gasteiger partial charge in [-0.15, -0.1) is 0 Å². The van der Waals surface area contributed by atoms with E-state index in [-0.39, 0.29) is 11.3 Å². The molecule has 2 heterocycles. The summed E-state index contributed by atoms with van der Waals surface area (Å²) in [6, 6.07) is 9.69. The molecule has 0 saturated carbocycles. The van der Waals surface area contributed by atoms with Crippen molar-refractivity contribution in [2.24, 2.45) is 0 Å². The van der Waals surface area contributed by atoms with Crippen molar-refractivity contribution in [1.82, 2.24) is 4.90 Å². The topological polar surface area (TPSA) is 99.0 Å². The molecular weight excluding hydrogens is 476 g/mol. The van der Waals surface area contributed by atoms with E-state index < -0.39 is 17.7 Å². The van der Waals surface area contributed by atoms with Gasteiger partial charge >= 0.3 is 0 Å². The summed E-state index contributed by atoms with van der Waals surface area (Å²) in [5.41, 5.74) is 1.96. The van der Waals surface area contributed by atoms with Crippen molar-refractivity contribution in [2.75, 3.05) is 60.7 Å². The van der Waals surface area contributed by atoms with Crippen LogP contribution < -0.4 is 19.1 Å². The van der Waals surface area contributed by atoms with E-state index >= 15 is 0 Å². The number of Topliss-reactive ketones (excluding diaryl/α,β-unsaturated/α-hetero) is 1. The molecular formula is C28H35N2O7+. The second-order valence-electron chi connectivity index (χ2n) is 9.26. The van der Waals surface area contributed by atoms with Gasteiger partial charge in [0.25, 0.3) is 11.7 Å². The van der Waals surface area contributed by atoms with Crippen LogP contribution in [0.5, 0.6) is 17.2 Å². The lowest BCUT2D eigenvalue weighted by Crippen LogP contribution is -3.14. The van der Waals surface area contributed by atoms with E-state index in [4.69, 9.17) is 18.9 Å². The van der Waals surface area contributed by atoms with Gasteiger partial charge in [0.1, 0.15) is 24.6 Å². The molecule has 2 N–H and O–H groups in total. The number of ketones is 1. The molecule has 1 amide bonds. The Labute approximate surface area is 217 Å². The number of aryl methyl sites for hydroxylation is 1. The van der Waals surface area contributed by atoms with Gasteiger partial charge in [-0.1, -0.05) is 6.07 Å². The first-order valence-corrected chi connectivity index (χ1v) is 12.5. The maximum absolute atomic E-state index is 13.4. The SMILES string of the molecule is COc1ccc(C(O)=C2C(=O)C(=O)N(CCC[NH+]3CCOCC3)C2c2ccc(OC)c(OC)c2)cc1C. The van der Waals surface area contributed by atoms with Crippen LogP contribution in [0.25, 0.3) is 5.76 Å². The van der Waals surface area contributed by atoms with Crippen molar-refractivity contribution in [2.45, 2.75) is 19.4 Å². The lowest BCUT2D eigenvalue weighted by atomic mass is 9.94. The third kappa shape index (κ3) is 5.42. The molecule has 0 aliphatic carbocycles. The molecule has 2 saturated heterocycles. The predicted molar refractivity (Wildman–Crippen MR) is 137 cm³/mol. The third-order valence-corrected chi connectivity index (χ3v) is 7.06. The van der Waals surface area contributed by atoms with E-state index in [9.17, 15) is 14.7 Å². The van der Waals surface area contributed by atoms with Crippen LogP contribution in [-0.2, 0) is 14.3 Å². The Bertz CT molecular complexity index is 1190. The molecule has 2 aromatic carbocycles. The van der Waals surface area contributed by atoms with Crippen LogP contribution in [0.3, 0.4) is 0 Å². The zero-order valence-corrected chi connectivity index (χ0v) is 21.8. The number of methoxy groups -OCH3 is 3. The number of carbonyl (C=O) groups excluding carboxylic acids is 2. The maximum Gasteiger partial charge on any atom is 0.295 e. The molecule has 37 heavy (non-hydrogen) atoms. The summed E-state index contributed by atoms with van der Waals surface area (Å²) in [4.78, 5) is 29.6. The van der Waals surface area contributed by atoms with Crippen molar-refractivity contribution in [3.05, 3.63) is 58.7 Å². The van der Waals surface area contributed by atoms with Gasteiger partial charge in [-0.05, 0) is 48.4 Å². The summed E-state index contributed by atoms with van der Waals surface area (Å²) in [7, 11) is 4.65. The Morgan fingerprint density at radius 2 is 1.68 bits per heavy atom. The standard InChI is InChI=1S/C28H34N2O7/c1-18-16-20(7-8-21(18)34-2)26(31)24-25(19-6-9-22(35-3)23(17-19)36-4)30(28(33)27(24)32)11-5-10-29-12-14-37-15-13-29/h6-9,16-17,25,31H,5,10-15H2,1-4H3/p+1. The smallest absolute Gasteiger partial charge is 0.295 e. The maximum atomic E-state index is 13.4. The third-order valence-electron chi connectivity index (χ3n) is 7.06. The number of aliphatic hydroxyl groups is 1. The van der Waals surface area contributed by atoms with Crippen molar-refractivity contribution < 1.29 is 38.5 Å². The summed E-state index contributed by atoms with van der Waals surface area (Å²) in [6.07, 6.45) is 0.716. The summed E-state index contributed by atoms with van der Waals surface area (Å²) in [5, 5.41) is 11.4. The molecule has 0 spiro atoms. The summed E-state index contributed by atoms with van der Waals surface area (Å²) >= 11 is 0. The average Bonchev–Trinajstić information content (AvgIpc) is 3.17. The van der Waals surface area contributed by atoms with Crippen LogP contribution in [0.4, 0.5) is 0 Å². The molecule has 2 fully saturated rings. The minimum Gasteiger partial charge on any atom is -0.507 e. The van der Waals surface area contributed by atoms with Crippen molar-refractivity contribution in [3.8, 4) is 17.2 Å². The van der Waals surface area contributed by atoms with Crippen LogP contribution in [0.1, 0.15) is 29.2 Å². The molecule has 1 unspecified atom stereocenters. The first-order valence-electron chi connectivity index (χ1n) is 12.5. The van der Waals surface area contributed by atoms with E-state index in [1.54, 1.807) is 55.5 Å². The largest absolute Gasteiger partial charge is 0.507 e. The summed E-state index contributed by atoms with van der Waals surface area (Å²) < 4.78 is 21.6. The van der Waals surface area contributed by atoms with Crippen LogP contribution in [0.15, 0.2) is 42.0 Å². The molecule has 0 aromatic heterocycles. The molecule has 2 aromatic rings. The van der Waals surface area contributed by atoms with E-state index in [1.807, 2.05) is 6.92 Å². The van der Waals surface area contributed by atoms with Crippen molar-refractivity contribution in [1.29, 1.82) is 0 Å². The number of rotatable bonds is 9. The fourth-order valence-electron chi connectivity index (χ4n) is 5.07. The second-order valence-corrected chi connectivity index (χ2v) is 9.26. The highest BCUT2D eigenvalue weighted by Gasteiger charge is 2.46. The molecule has 0 radical (unpaired) electrons. The van der Waals surface area contributed by atoms with Gasteiger partial charge in [0.05, 0.1) is 52.7 Å². The van der Waals surface area contributed by atoms with Crippen molar-refractivity contribution >= 4 is 17.4 Å². The normalized spacial score (nSPS) is 19.8. The number of quaternary nitrogens is 1. The number of benzene rings is 2. The number of aliphatic hydroxyl groups excluding tert-OH is 1. The number of ether oxygens (including phenoxy) is 4. The van der Waals surface area contributed by atoms with Crippen molar-refractivity contribution in [3.63, 3.8) is 0 Å². The van der Waals surface area contributed by atoms with Crippen LogP contribution >= 0.6 is 0 Å². The van der Waals surface area contributed by atoms with Gasteiger partial charge in [0.2, 0.25) is 0 Å². The minimum absolute atomic E-state index is 0.0560. The number of morpholine rings is 1. The zero-order valence-electron chi connectivity index (χ0n) is 21.8. The minimum atomic E-state index is -0.762. The summed E-state index contributed by atoms with van der Waals surface area (Å²) in [6.45, 7) is 6.41. The highest BCUT2D eigenvalue weighted by atomic mass is 16.5. The molecule has 9 nitrogen and oxygen atoms in total. The molecule has 0 bridgehead atoms. The number of carbonyl (C=O) groups is 2. The molecule has 9 heteroatoms. The van der Waals surface area contributed by atoms with E-state index in [2.05, 4.69) is 0 Å². The van der Waals surface area contributed by atoms with Gasteiger partial charge < -0.3 is 33.9 Å². The number of hydrogen-bond donors (Lipinski definition) is 2. The van der Waals surface area contributed by atoms with Gasteiger partial charge in [-0.2, -0.15) is 0 Å². The molecule has 2 aliphatic rings. The lowest BCUT2D eigenvalue weighted by Gasteiger charge is -2.28. The second kappa shape index (κ2) is 11.7. The van der Waals surface area contributed by atoms with Gasteiger partial charge in [-0.25, -0.2) is 0 Å². The Balaban J connectivity index is 1.74. The Kier molecular flexibility index (Phi) is 8.35. The van der Waals surface area contributed by atoms with Gasteiger partial charge in [0, 0.05) is 18.5 Å². The molecule has 198 valence electrons. The number of nitrogens with zero attached hydrogens (tertiary/aromatic N) is 1. The van der Waals surface area contributed by atoms with Crippen LogP contribution in [0.2, 0.25) is 0 Å². The Morgan fingerprint density at radius 3 is 2.32 bits per heavy atom. The van der Waals surface area contributed by atoms with Crippen LogP contribution in [-0.4, -0.2) is 82.4 Å². The first kappa shape index (κ1) is 26.5. The number of hydrogen-bond acceptors (Lipinski definition) is 7. The molecule has 2 aliphatic heterocycles. The quantitative estimate of drug-likeness (QED) is 0.301. The average molecular weight is 512 g/mol. The number of likely N-dealkylation sites (tertiary alicyclic amines) is 1. The van der Waals surface area contributed by atoms with Gasteiger partial charge in [-0.3, -0.25) is 9.59 Å². The summed E-state index contributed by atoms with van der Waals surface area (Å²) in [5.74, 6) is 0.130. The predicted octanol–water partition coefficient (Wildman–Crippen LogP) is 1.75. The number of amides is 1. The van der Waals surface area contributed by atoms with Gasteiger partial charge in [0.15, 0.2) is 11.5 Å². The Hall–Kier alpha value is -3.56. The zero-order chi connectivity index (χ0) is 26.5. The number of nitrogens with one attached hydrogen (secondary N) is 1. The fourth-order valence-corrected chi connectivity index (χ4v) is 5.07. The van der Waals surface area contributed by atoms with E-state index in [0.717, 1.165) is 38.4 Å².